The Bertz CT molecular complexity index is 593. The number of fused-ring (bicyclic) bond motifs is 1. The van der Waals surface area contributed by atoms with Crippen molar-refractivity contribution in [3.63, 3.8) is 0 Å². The zero-order chi connectivity index (χ0) is 14.5. The summed E-state index contributed by atoms with van der Waals surface area (Å²) in [7, 11) is 0. The molecule has 104 valence electrons. The van der Waals surface area contributed by atoms with E-state index in [9.17, 15) is 9.59 Å². The zero-order valence-corrected chi connectivity index (χ0v) is 11.7. The molecule has 2 amide bonds. The van der Waals surface area contributed by atoms with Gasteiger partial charge in [0.2, 0.25) is 11.8 Å². The van der Waals surface area contributed by atoms with Crippen LogP contribution >= 0.6 is 0 Å². The second-order valence-corrected chi connectivity index (χ2v) is 4.58. The lowest BCUT2D eigenvalue weighted by Crippen LogP contribution is -2.09. The van der Waals surface area contributed by atoms with Crippen LogP contribution in [0.25, 0.3) is 10.8 Å². The Hall–Kier alpha value is -2.36. The molecule has 2 N–H and O–H groups in total. The second kappa shape index (κ2) is 6.19. The highest BCUT2D eigenvalue weighted by molar-refractivity contribution is 5.97. The number of nitrogens with one attached hydrogen (secondary N) is 2. The third-order valence-corrected chi connectivity index (χ3v) is 3.05. The summed E-state index contributed by atoms with van der Waals surface area (Å²) in [6.07, 6.45) is 0.917. The first-order valence-corrected chi connectivity index (χ1v) is 6.76. The molecule has 0 saturated heterocycles. The fourth-order valence-electron chi connectivity index (χ4n) is 1.90. The van der Waals surface area contributed by atoms with Gasteiger partial charge in [-0.1, -0.05) is 26.0 Å². The van der Waals surface area contributed by atoms with Gasteiger partial charge in [0.05, 0.1) is 0 Å². The summed E-state index contributed by atoms with van der Waals surface area (Å²) >= 11 is 0. The minimum Gasteiger partial charge on any atom is -0.326 e. The Kier molecular flexibility index (Phi) is 4.35. The van der Waals surface area contributed by atoms with E-state index in [0.717, 1.165) is 22.1 Å². The Morgan fingerprint density at radius 1 is 0.800 bits per heavy atom. The molecule has 2 rings (SSSR count). The minimum atomic E-state index is -0.00354. The van der Waals surface area contributed by atoms with Crippen molar-refractivity contribution in [1.82, 2.24) is 0 Å². The van der Waals surface area contributed by atoms with Gasteiger partial charge in [0, 0.05) is 24.2 Å². The number of benzene rings is 2. The molecule has 0 unspecified atom stereocenters. The number of hydrogen-bond acceptors (Lipinski definition) is 2. The molecule has 0 spiro atoms. The largest absolute Gasteiger partial charge is 0.326 e. The number of carbonyl (C=O) groups is 2. The van der Waals surface area contributed by atoms with Gasteiger partial charge in [0.15, 0.2) is 0 Å². The zero-order valence-electron chi connectivity index (χ0n) is 11.7. The van der Waals surface area contributed by atoms with E-state index < -0.39 is 0 Å². The van der Waals surface area contributed by atoms with Crippen LogP contribution in [0.4, 0.5) is 11.4 Å². The SMILES string of the molecule is CCC(=O)Nc1ccc2cc(NC(=O)CC)ccc2c1. The summed E-state index contributed by atoms with van der Waals surface area (Å²) in [6, 6.07) is 11.4. The van der Waals surface area contributed by atoms with Crippen molar-refractivity contribution < 1.29 is 9.59 Å². The number of rotatable bonds is 4. The van der Waals surface area contributed by atoms with E-state index in [0.29, 0.717) is 12.8 Å². The Morgan fingerprint density at radius 2 is 1.20 bits per heavy atom. The van der Waals surface area contributed by atoms with Crippen LogP contribution in [-0.4, -0.2) is 11.8 Å². The Balaban J connectivity index is 2.25. The molecule has 0 aliphatic carbocycles. The maximum Gasteiger partial charge on any atom is 0.224 e. The van der Waals surface area contributed by atoms with Gasteiger partial charge in [-0.3, -0.25) is 9.59 Å². The van der Waals surface area contributed by atoms with E-state index in [2.05, 4.69) is 10.6 Å². The Labute approximate surface area is 118 Å². The molecule has 0 aromatic heterocycles. The molecular weight excluding hydrogens is 252 g/mol. The van der Waals surface area contributed by atoms with Gasteiger partial charge < -0.3 is 10.6 Å². The fraction of sp³-hybridized carbons (Fsp3) is 0.250. The Morgan fingerprint density at radius 3 is 1.55 bits per heavy atom. The molecule has 4 nitrogen and oxygen atoms in total. The molecule has 0 saturated carbocycles. The normalized spacial score (nSPS) is 10.3. The quantitative estimate of drug-likeness (QED) is 0.892. The first kappa shape index (κ1) is 14.1. The van der Waals surface area contributed by atoms with E-state index in [4.69, 9.17) is 0 Å². The molecule has 0 atom stereocenters. The summed E-state index contributed by atoms with van der Waals surface area (Å²) < 4.78 is 0. The molecule has 20 heavy (non-hydrogen) atoms. The van der Waals surface area contributed by atoms with Crippen molar-refractivity contribution in [3.05, 3.63) is 36.4 Å². The topological polar surface area (TPSA) is 58.2 Å². The van der Waals surface area contributed by atoms with Crippen molar-refractivity contribution in [1.29, 1.82) is 0 Å². The third-order valence-electron chi connectivity index (χ3n) is 3.05. The smallest absolute Gasteiger partial charge is 0.224 e. The van der Waals surface area contributed by atoms with Gasteiger partial charge in [0.1, 0.15) is 0 Å². The van der Waals surface area contributed by atoms with Gasteiger partial charge in [-0.25, -0.2) is 0 Å². The van der Waals surface area contributed by atoms with Crippen LogP contribution in [0.5, 0.6) is 0 Å². The standard InChI is InChI=1S/C16H18N2O2/c1-3-15(19)17-13-7-5-12-10-14(18-16(20)4-2)8-6-11(12)9-13/h5-10H,3-4H2,1-2H3,(H,17,19)(H,18,20). The molecule has 0 bridgehead atoms. The highest BCUT2D eigenvalue weighted by atomic mass is 16.2. The fourth-order valence-corrected chi connectivity index (χ4v) is 1.90. The molecule has 0 aliphatic heterocycles. The predicted molar refractivity (Wildman–Crippen MR) is 81.8 cm³/mol. The van der Waals surface area contributed by atoms with E-state index in [1.54, 1.807) is 0 Å². The highest BCUT2D eigenvalue weighted by Crippen LogP contribution is 2.23. The van der Waals surface area contributed by atoms with Crippen LogP contribution in [0.15, 0.2) is 36.4 Å². The summed E-state index contributed by atoms with van der Waals surface area (Å²) in [6.45, 7) is 3.64. The molecule has 4 heteroatoms. The van der Waals surface area contributed by atoms with E-state index in [1.165, 1.54) is 0 Å². The molecule has 0 radical (unpaired) electrons. The van der Waals surface area contributed by atoms with Gasteiger partial charge in [0.25, 0.3) is 0 Å². The van der Waals surface area contributed by atoms with Crippen LogP contribution in [0.3, 0.4) is 0 Å². The summed E-state index contributed by atoms with van der Waals surface area (Å²) in [5.74, 6) is -0.00708. The maximum atomic E-state index is 11.4. The van der Waals surface area contributed by atoms with Crippen molar-refractivity contribution in [2.45, 2.75) is 26.7 Å². The molecule has 0 aliphatic rings. The summed E-state index contributed by atoms with van der Waals surface area (Å²) in [5.41, 5.74) is 1.57. The first-order valence-electron chi connectivity index (χ1n) is 6.76. The van der Waals surface area contributed by atoms with Crippen LogP contribution in [0.2, 0.25) is 0 Å². The molecule has 0 fully saturated rings. The molecule has 0 heterocycles. The minimum absolute atomic E-state index is 0.00354. The maximum absolute atomic E-state index is 11.4. The monoisotopic (exact) mass is 270 g/mol. The lowest BCUT2D eigenvalue weighted by molar-refractivity contribution is -0.116. The number of hydrogen-bond donors (Lipinski definition) is 2. The number of carbonyl (C=O) groups excluding carboxylic acids is 2. The lowest BCUT2D eigenvalue weighted by atomic mass is 10.1. The van der Waals surface area contributed by atoms with Crippen molar-refractivity contribution in [2.75, 3.05) is 10.6 Å². The predicted octanol–water partition coefficient (Wildman–Crippen LogP) is 3.54. The number of anilines is 2. The third kappa shape index (κ3) is 3.35. The van der Waals surface area contributed by atoms with Crippen molar-refractivity contribution in [3.8, 4) is 0 Å². The van der Waals surface area contributed by atoms with Gasteiger partial charge in [-0.05, 0) is 35.0 Å². The van der Waals surface area contributed by atoms with E-state index in [1.807, 2.05) is 50.2 Å². The molecule has 2 aromatic carbocycles. The molecule has 2 aromatic rings. The van der Waals surface area contributed by atoms with Gasteiger partial charge in [-0.15, -0.1) is 0 Å². The van der Waals surface area contributed by atoms with Crippen LogP contribution in [-0.2, 0) is 9.59 Å². The second-order valence-electron chi connectivity index (χ2n) is 4.58. The average molecular weight is 270 g/mol. The summed E-state index contributed by atoms with van der Waals surface area (Å²) in [5, 5.41) is 7.71. The van der Waals surface area contributed by atoms with Crippen molar-refractivity contribution >= 4 is 34.0 Å². The van der Waals surface area contributed by atoms with Crippen molar-refractivity contribution in [2.24, 2.45) is 0 Å². The first-order chi connectivity index (χ1) is 9.62. The van der Waals surface area contributed by atoms with Crippen LogP contribution < -0.4 is 10.6 Å². The van der Waals surface area contributed by atoms with Crippen LogP contribution in [0, 0.1) is 0 Å². The summed E-state index contributed by atoms with van der Waals surface area (Å²) in [4.78, 5) is 22.7. The van der Waals surface area contributed by atoms with E-state index in [-0.39, 0.29) is 11.8 Å². The van der Waals surface area contributed by atoms with Crippen LogP contribution in [0.1, 0.15) is 26.7 Å². The molecular formula is C16H18N2O2. The van der Waals surface area contributed by atoms with E-state index >= 15 is 0 Å². The van der Waals surface area contributed by atoms with Gasteiger partial charge >= 0.3 is 0 Å². The average Bonchev–Trinajstić information content (AvgIpc) is 2.47. The highest BCUT2D eigenvalue weighted by Gasteiger charge is 2.03. The lowest BCUT2D eigenvalue weighted by Gasteiger charge is -2.08. The number of amides is 2. The van der Waals surface area contributed by atoms with Gasteiger partial charge in [-0.2, -0.15) is 0 Å².